The molecule has 0 saturated heterocycles. The summed E-state index contributed by atoms with van der Waals surface area (Å²) in [5, 5.41) is 5.19. The number of aromatic nitrogens is 2. The highest BCUT2D eigenvalue weighted by molar-refractivity contribution is 7.80. The number of pyridine rings is 1. The van der Waals surface area contributed by atoms with Gasteiger partial charge in [0, 0.05) is 11.1 Å². The van der Waals surface area contributed by atoms with Gasteiger partial charge in [-0.15, -0.1) is 11.3 Å². The van der Waals surface area contributed by atoms with Crippen LogP contribution in [0.5, 0.6) is 0 Å². The number of rotatable bonds is 4. The Bertz CT molecular complexity index is 522. The molecule has 0 radical (unpaired) electrons. The van der Waals surface area contributed by atoms with Gasteiger partial charge < -0.3 is 11.1 Å². The average Bonchev–Trinajstić information content (AvgIpc) is 2.78. The van der Waals surface area contributed by atoms with Crippen LogP contribution in [0.25, 0.3) is 0 Å². The Balaban J connectivity index is 2.19. The van der Waals surface area contributed by atoms with Crippen LogP contribution in [0.1, 0.15) is 17.0 Å². The minimum atomic E-state index is 0.346. The summed E-state index contributed by atoms with van der Waals surface area (Å²) in [7, 11) is 0. The molecule has 88 valence electrons. The van der Waals surface area contributed by atoms with Crippen molar-refractivity contribution in [2.24, 2.45) is 5.73 Å². The van der Waals surface area contributed by atoms with Crippen LogP contribution < -0.4 is 11.1 Å². The van der Waals surface area contributed by atoms with Crippen LogP contribution in [-0.4, -0.2) is 15.0 Å². The topological polar surface area (TPSA) is 63.8 Å². The zero-order valence-electron chi connectivity index (χ0n) is 9.30. The molecule has 4 nitrogen and oxygen atoms in total. The minimum absolute atomic E-state index is 0.346. The number of thiazole rings is 1. The van der Waals surface area contributed by atoms with E-state index in [0.717, 1.165) is 17.0 Å². The van der Waals surface area contributed by atoms with E-state index in [9.17, 15) is 0 Å². The maximum Gasteiger partial charge on any atom is 0.136 e. The number of hydrogen-bond donors (Lipinski definition) is 2. The summed E-state index contributed by atoms with van der Waals surface area (Å²) in [5.41, 5.74) is 10.1. The van der Waals surface area contributed by atoms with Gasteiger partial charge in [0.05, 0.1) is 23.3 Å². The summed E-state index contributed by atoms with van der Waals surface area (Å²) in [4.78, 5) is 8.93. The second-order valence-electron chi connectivity index (χ2n) is 3.55. The van der Waals surface area contributed by atoms with Gasteiger partial charge in [0.15, 0.2) is 0 Å². The fourth-order valence-electron chi connectivity index (χ4n) is 1.39. The molecule has 0 aliphatic rings. The first-order valence-corrected chi connectivity index (χ1v) is 6.40. The van der Waals surface area contributed by atoms with Crippen molar-refractivity contribution in [2.75, 3.05) is 5.32 Å². The van der Waals surface area contributed by atoms with Gasteiger partial charge >= 0.3 is 0 Å². The Morgan fingerprint density at radius 3 is 3.00 bits per heavy atom. The predicted molar refractivity (Wildman–Crippen MR) is 74.3 cm³/mol. The number of nitrogens with zero attached hydrogens (tertiary/aromatic N) is 2. The first-order chi connectivity index (χ1) is 8.16. The lowest BCUT2D eigenvalue weighted by Crippen LogP contribution is -2.14. The third-order valence-corrected chi connectivity index (χ3v) is 3.08. The van der Waals surface area contributed by atoms with E-state index >= 15 is 0 Å². The number of nitrogens with one attached hydrogen (secondary N) is 1. The standard InChI is InChI=1S/C11H12N4S2/c1-7-2-3-9(10(12)16)11(15-7)13-4-8-5-17-6-14-8/h2-3,5-6H,4H2,1H3,(H2,12,16)(H,13,15). The van der Waals surface area contributed by atoms with Gasteiger partial charge in [-0.3, -0.25) is 0 Å². The summed E-state index contributed by atoms with van der Waals surface area (Å²) < 4.78 is 0. The Hall–Kier alpha value is -1.53. The molecule has 2 rings (SSSR count). The van der Waals surface area contributed by atoms with Crippen molar-refractivity contribution in [1.29, 1.82) is 0 Å². The van der Waals surface area contributed by atoms with Crippen LogP contribution in [0.4, 0.5) is 5.82 Å². The van der Waals surface area contributed by atoms with Gasteiger partial charge in [0.1, 0.15) is 10.8 Å². The third-order valence-electron chi connectivity index (χ3n) is 2.22. The van der Waals surface area contributed by atoms with E-state index in [1.165, 1.54) is 0 Å². The van der Waals surface area contributed by atoms with Crippen LogP contribution in [-0.2, 0) is 6.54 Å². The second kappa shape index (κ2) is 5.20. The SMILES string of the molecule is Cc1ccc(C(N)=S)c(NCc2cscn2)n1. The van der Waals surface area contributed by atoms with Crippen molar-refractivity contribution >= 4 is 34.4 Å². The molecular formula is C11H12N4S2. The van der Waals surface area contributed by atoms with E-state index in [0.29, 0.717) is 17.4 Å². The van der Waals surface area contributed by atoms with Gasteiger partial charge in [-0.05, 0) is 19.1 Å². The highest BCUT2D eigenvalue weighted by Crippen LogP contribution is 2.14. The molecule has 0 amide bonds. The van der Waals surface area contributed by atoms with Crippen molar-refractivity contribution in [3.05, 3.63) is 40.0 Å². The van der Waals surface area contributed by atoms with Crippen molar-refractivity contribution < 1.29 is 0 Å². The highest BCUT2D eigenvalue weighted by atomic mass is 32.1. The summed E-state index contributed by atoms with van der Waals surface area (Å²) in [6.07, 6.45) is 0. The quantitative estimate of drug-likeness (QED) is 0.828. The molecule has 0 aliphatic carbocycles. The van der Waals surface area contributed by atoms with Crippen LogP contribution >= 0.6 is 23.6 Å². The zero-order valence-corrected chi connectivity index (χ0v) is 10.9. The molecule has 0 atom stereocenters. The number of hydrogen-bond acceptors (Lipinski definition) is 5. The molecule has 0 spiro atoms. The normalized spacial score (nSPS) is 10.2. The first-order valence-electron chi connectivity index (χ1n) is 5.05. The molecule has 0 aliphatic heterocycles. The number of thiocarbonyl (C=S) groups is 1. The maximum atomic E-state index is 5.65. The Morgan fingerprint density at radius 2 is 2.35 bits per heavy atom. The second-order valence-corrected chi connectivity index (χ2v) is 4.70. The lowest BCUT2D eigenvalue weighted by molar-refractivity contribution is 1.04. The van der Waals surface area contributed by atoms with Gasteiger partial charge in [-0.25, -0.2) is 9.97 Å². The fraction of sp³-hybridized carbons (Fsp3) is 0.182. The van der Waals surface area contributed by atoms with Gasteiger partial charge in [-0.2, -0.15) is 0 Å². The Morgan fingerprint density at radius 1 is 1.53 bits per heavy atom. The summed E-state index contributed by atoms with van der Waals surface area (Å²) >= 11 is 6.56. The van der Waals surface area contributed by atoms with Crippen LogP contribution in [0.3, 0.4) is 0 Å². The van der Waals surface area contributed by atoms with E-state index < -0.39 is 0 Å². The van der Waals surface area contributed by atoms with Crippen LogP contribution in [0.15, 0.2) is 23.0 Å². The summed E-state index contributed by atoms with van der Waals surface area (Å²) in [5.74, 6) is 0.713. The molecule has 3 N–H and O–H groups in total. The molecule has 0 unspecified atom stereocenters. The lowest BCUT2D eigenvalue weighted by Gasteiger charge is -2.09. The maximum absolute atomic E-state index is 5.65. The Labute approximate surface area is 109 Å². The molecule has 0 saturated carbocycles. The smallest absolute Gasteiger partial charge is 0.136 e. The molecular weight excluding hydrogens is 252 g/mol. The fourth-order valence-corrected chi connectivity index (χ4v) is 2.11. The molecule has 2 aromatic rings. The van der Waals surface area contributed by atoms with Gasteiger partial charge in [0.25, 0.3) is 0 Å². The highest BCUT2D eigenvalue weighted by Gasteiger charge is 2.07. The molecule has 2 heterocycles. The van der Waals surface area contributed by atoms with E-state index in [2.05, 4.69) is 15.3 Å². The molecule has 2 aromatic heterocycles. The number of anilines is 1. The monoisotopic (exact) mass is 264 g/mol. The molecule has 6 heteroatoms. The van der Waals surface area contributed by atoms with Crippen LogP contribution in [0.2, 0.25) is 0 Å². The molecule has 17 heavy (non-hydrogen) atoms. The first kappa shape index (κ1) is 11.9. The van der Waals surface area contributed by atoms with Crippen molar-refractivity contribution in [3.8, 4) is 0 Å². The van der Waals surface area contributed by atoms with E-state index in [4.69, 9.17) is 18.0 Å². The number of nitrogens with two attached hydrogens (primary N) is 1. The minimum Gasteiger partial charge on any atom is -0.389 e. The molecule has 0 aromatic carbocycles. The average molecular weight is 264 g/mol. The summed E-state index contributed by atoms with van der Waals surface area (Å²) in [6, 6.07) is 3.77. The van der Waals surface area contributed by atoms with E-state index in [1.54, 1.807) is 16.8 Å². The third kappa shape index (κ3) is 2.98. The van der Waals surface area contributed by atoms with Crippen molar-refractivity contribution in [1.82, 2.24) is 9.97 Å². The van der Waals surface area contributed by atoms with Gasteiger partial charge in [0.2, 0.25) is 0 Å². The summed E-state index contributed by atoms with van der Waals surface area (Å²) in [6.45, 7) is 2.55. The predicted octanol–water partition coefficient (Wildman–Crippen LogP) is 2.09. The van der Waals surface area contributed by atoms with Gasteiger partial charge in [-0.1, -0.05) is 12.2 Å². The molecule has 0 bridgehead atoms. The zero-order chi connectivity index (χ0) is 12.3. The Kier molecular flexibility index (Phi) is 3.65. The van der Waals surface area contributed by atoms with E-state index in [1.807, 2.05) is 24.4 Å². The van der Waals surface area contributed by atoms with E-state index in [-0.39, 0.29) is 0 Å². The van der Waals surface area contributed by atoms with Crippen molar-refractivity contribution in [3.63, 3.8) is 0 Å². The lowest BCUT2D eigenvalue weighted by atomic mass is 10.2. The molecule has 0 fully saturated rings. The van der Waals surface area contributed by atoms with Crippen molar-refractivity contribution in [2.45, 2.75) is 13.5 Å². The number of aryl methyl sites for hydroxylation is 1. The van der Waals surface area contributed by atoms with Crippen LogP contribution in [0, 0.1) is 6.92 Å². The largest absolute Gasteiger partial charge is 0.389 e.